The minimum Gasteiger partial charge on any atom is -0.488 e. The van der Waals surface area contributed by atoms with E-state index in [-0.39, 0.29) is 5.60 Å². The normalized spacial score (nSPS) is 12.1. The first-order valence-corrected chi connectivity index (χ1v) is 9.69. The van der Waals surface area contributed by atoms with Crippen molar-refractivity contribution in [3.63, 3.8) is 0 Å². The van der Waals surface area contributed by atoms with Gasteiger partial charge < -0.3 is 19.8 Å². The average molecular weight is 396 g/mol. The van der Waals surface area contributed by atoms with Crippen LogP contribution in [0.5, 0.6) is 5.75 Å². The van der Waals surface area contributed by atoms with Gasteiger partial charge in [0.1, 0.15) is 17.2 Å². The maximum absolute atomic E-state index is 6.05. The second kappa shape index (κ2) is 9.27. The largest absolute Gasteiger partial charge is 0.488 e. The average Bonchev–Trinajstić information content (AvgIpc) is 3.35. The Kier molecular flexibility index (Phi) is 6.54. The number of nitrogens with zero attached hydrogens (tertiary/aromatic N) is 3. The highest BCUT2D eigenvalue weighted by Gasteiger charge is 2.14. The van der Waals surface area contributed by atoms with Crippen LogP contribution in [0.25, 0.3) is 11.6 Å². The Balaban J connectivity index is 1.65. The molecule has 1 aromatic carbocycles. The number of para-hydroxylation sites is 1. The Hall–Kier alpha value is -3.29. The van der Waals surface area contributed by atoms with E-state index in [1.54, 1.807) is 12.3 Å². The maximum Gasteiger partial charge on any atom is 0.216 e. The van der Waals surface area contributed by atoms with E-state index in [4.69, 9.17) is 9.15 Å². The molecule has 2 aromatic heterocycles. The zero-order chi connectivity index (χ0) is 20.7. The van der Waals surface area contributed by atoms with Crippen LogP contribution in [0.2, 0.25) is 0 Å². The number of rotatable bonds is 7. The fourth-order valence-corrected chi connectivity index (χ4v) is 2.63. The van der Waals surface area contributed by atoms with Gasteiger partial charge in [-0.15, -0.1) is 5.10 Å². The molecule has 0 atom stereocenters. The summed E-state index contributed by atoms with van der Waals surface area (Å²) in [4.78, 5) is 9.11. The maximum atomic E-state index is 6.05. The second-order valence-corrected chi connectivity index (χ2v) is 7.45. The summed E-state index contributed by atoms with van der Waals surface area (Å²) in [5.74, 6) is 3.39. The number of H-pyrrole nitrogens is 1. The minimum atomic E-state index is -0.263. The Morgan fingerprint density at radius 2 is 2.00 bits per heavy atom. The molecule has 0 aliphatic carbocycles. The highest BCUT2D eigenvalue weighted by Crippen LogP contribution is 2.23. The number of benzene rings is 1. The number of guanidine groups is 1. The first-order valence-electron chi connectivity index (χ1n) is 9.69. The fraction of sp³-hybridized carbons (Fsp3) is 0.381. The van der Waals surface area contributed by atoms with Crippen LogP contribution in [0.4, 0.5) is 0 Å². The Morgan fingerprint density at radius 1 is 1.17 bits per heavy atom. The summed E-state index contributed by atoms with van der Waals surface area (Å²) in [7, 11) is 0. The third kappa shape index (κ3) is 6.10. The van der Waals surface area contributed by atoms with Crippen molar-refractivity contribution < 1.29 is 9.15 Å². The molecule has 0 unspecified atom stereocenters. The lowest BCUT2D eigenvalue weighted by atomic mass is 10.1. The van der Waals surface area contributed by atoms with Crippen LogP contribution < -0.4 is 15.4 Å². The molecule has 3 aromatic rings. The molecule has 0 aliphatic rings. The van der Waals surface area contributed by atoms with Crippen molar-refractivity contribution in [1.29, 1.82) is 0 Å². The van der Waals surface area contributed by atoms with Crippen molar-refractivity contribution in [1.82, 2.24) is 25.8 Å². The molecule has 29 heavy (non-hydrogen) atoms. The second-order valence-electron chi connectivity index (χ2n) is 7.45. The van der Waals surface area contributed by atoms with E-state index in [0.29, 0.717) is 36.5 Å². The molecule has 0 bridgehead atoms. The van der Waals surface area contributed by atoms with E-state index >= 15 is 0 Å². The van der Waals surface area contributed by atoms with Crippen LogP contribution >= 0.6 is 0 Å². The highest BCUT2D eigenvalue weighted by atomic mass is 16.5. The van der Waals surface area contributed by atoms with E-state index < -0.39 is 0 Å². The lowest BCUT2D eigenvalue weighted by Gasteiger charge is -2.23. The number of hydrogen-bond acceptors (Lipinski definition) is 5. The molecule has 0 amide bonds. The Labute approximate surface area is 170 Å². The summed E-state index contributed by atoms with van der Waals surface area (Å²) in [5, 5.41) is 13.6. The van der Waals surface area contributed by atoms with Gasteiger partial charge in [0.25, 0.3) is 0 Å². The third-order valence-electron chi connectivity index (χ3n) is 3.84. The van der Waals surface area contributed by atoms with E-state index in [9.17, 15) is 0 Å². The number of aromatic amines is 1. The van der Waals surface area contributed by atoms with Crippen molar-refractivity contribution in [3.8, 4) is 17.3 Å². The topological polar surface area (TPSA) is 100 Å². The molecule has 0 radical (unpaired) electrons. The molecule has 154 valence electrons. The SMILES string of the molecule is CCNC(=NCc1ccccc1OC(C)(C)C)NCc1nc(-c2ccco2)n[nH]1. The van der Waals surface area contributed by atoms with Crippen LogP contribution in [0.3, 0.4) is 0 Å². The number of hydrogen-bond donors (Lipinski definition) is 3. The predicted octanol–water partition coefficient (Wildman–Crippen LogP) is 3.50. The smallest absolute Gasteiger partial charge is 0.216 e. The number of aliphatic imine (C=N–C) groups is 1. The van der Waals surface area contributed by atoms with Crippen LogP contribution in [0.1, 0.15) is 39.1 Å². The molecule has 2 heterocycles. The first-order chi connectivity index (χ1) is 13.9. The van der Waals surface area contributed by atoms with E-state index in [1.807, 2.05) is 58.0 Å². The summed E-state index contributed by atoms with van der Waals surface area (Å²) in [6.45, 7) is 9.83. The summed E-state index contributed by atoms with van der Waals surface area (Å²) >= 11 is 0. The van der Waals surface area contributed by atoms with E-state index in [2.05, 4.69) is 30.8 Å². The first kappa shape index (κ1) is 20.4. The van der Waals surface area contributed by atoms with Crippen LogP contribution in [-0.4, -0.2) is 33.3 Å². The Morgan fingerprint density at radius 3 is 2.72 bits per heavy atom. The van der Waals surface area contributed by atoms with Crippen LogP contribution in [0, 0.1) is 0 Å². The van der Waals surface area contributed by atoms with Gasteiger partial charge in [-0.25, -0.2) is 9.98 Å². The lowest BCUT2D eigenvalue weighted by Crippen LogP contribution is -2.37. The molecule has 3 N–H and O–H groups in total. The van der Waals surface area contributed by atoms with Crippen LogP contribution in [0.15, 0.2) is 52.1 Å². The Bertz CT molecular complexity index is 925. The van der Waals surface area contributed by atoms with Gasteiger partial charge in [-0.05, 0) is 45.9 Å². The van der Waals surface area contributed by atoms with Crippen molar-refractivity contribution in [2.75, 3.05) is 6.54 Å². The molecular weight excluding hydrogens is 368 g/mol. The van der Waals surface area contributed by atoms with Gasteiger partial charge in [-0.1, -0.05) is 18.2 Å². The van der Waals surface area contributed by atoms with Crippen molar-refractivity contribution in [3.05, 3.63) is 54.0 Å². The number of furan rings is 1. The zero-order valence-corrected chi connectivity index (χ0v) is 17.3. The molecule has 0 saturated carbocycles. The molecule has 3 rings (SSSR count). The standard InChI is InChI=1S/C21H28N6O2/c1-5-22-20(23-13-15-9-6-7-10-16(15)29-21(2,3)4)24-14-18-25-19(27-26-18)17-11-8-12-28-17/h6-12H,5,13-14H2,1-4H3,(H2,22,23,24)(H,25,26,27). The van der Waals surface area contributed by atoms with Crippen LogP contribution in [-0.2, 0) is 13.1 Å². The molecule has 0 spiro atoms. The third-order valence-corrected chi connectivity index (χ3v) is 3.84. The summed E-state index contributed by atoms with van der Waals surface area (Å²) in [6.07, 6.45) is 1.60. The van der Waals surface area contributed by atoms with Crippen molar-refractivity contribution in [2.24, 2.45) is 4.99 Å². The molecule has 8 nitrogen and oxygen atoms in total. The summed E-state index contributed by atoms with van der Waals surface area (Å²) in [6, 6.07) is 11.6. The van der Waals surface area contributed by atoms with E-state index in [1.165, 1.54) is 0 Å². The predicted molar refractivity (Wildman–Crippen MR) is 113 cm³/mol. The molecule has 0 fully saturated rings. The zero-order valence-electron chi connectivity index (χ0n) is 17.3. The quantitative estimate of drug-likeness (QED) is 0.417. The monoisotopic (exact) mass is 396 g/mol. The number of ether oxygens (including phenoxy) is 1. The summed E-state index contributed by atoms with van der Waals surface area (Å²) in [5.41, 5.74) is 0.764. The minimum absolute atomic E-state index is 0.263. The molecule has 0 aliphatic heterocycles. The number of aromatic nitrogens is 3. The number of nitrogens with one attached hydrogen (secondary N) is 3. The van der Waals surface area contributed by atoms with Crippen molar-refractivity contribution in [2.45, 2.75) is 46.4 Å². The summed E-state index contributed by atoms with van der Waals surface area (Å²) < 4.78 is 11.4. The van der Waals surface area contributed by atoms with Gasteiger partial charge in [0, 0.05) is 12.1 Å². The lowest BCUT2D eigenvalue weighted by molar-refractivity contribution is 0.129. The highest BCUT2D eigenvalue weighted by molar-refractivity contribution is 5.79. The van der Waals surface area contributed by atoms with Gasteiger partial charge in [0.2, 0.25) is 5.82 Å². The van der Waals surface area contributed by atoms with Gasteiger partial charge in [0.15, 0.2) is 11.7 Å². The van der Waals surface area contributed by atoms with Gasteiger partial charge >= 0.3 is 0 Å². The molecule has 0 saturated heterocycles. The van der Waals surface area contributed by atoms with Gasteiger partial charge in [-0.3, -0.25) is 5.10 Å². The fourth-order valence-electron chi connectivity index (χ4n) is 2.63. The molecular formula is C21H28N6O2. The van der Waals surface area contributed by atoms with Crippen molar-refractivity contribution >= 4 is 5.96 Å². The van der Waals surface area contributed by atoms with Gasteiger partial charge in [-0.2, -0.15) is 0 Å². The van der Waals surface area contributed by atoms with Gasteiger partial charge in [0.05, 0.1) is 19.4 Å². The molecule has 8 heteroatoms. The van der Waals surface area contributed by atoms with E-state index in [0.717, 1.165) is 17.9 Å².